The number of hydrogen-bond donors (Lipinski definition) is 1. The average Bonchev–Trinajstić information content (AvgIpc) is 2.33. The molecule has 0 spiro atoms. The third kappa shape index (κ3) is 5.03. The van der Waals surface area contributed by atoms with Crippen LogP contribution in [0.15, 0.2) is 23.0 Å². The van der Waals surface area contributed by atoms with Gasteiger partial charge >= 0.3 is 5.97 Å². The maximum absolute atomic E-state index is 10.8. The van der Waals surface area contributed by atoms with Crippen LogP contribution in [0.3, 0.4) is 0 Å². The summed E-state index contributed by atoms with van der Waals surface area (Å²) in [5.74, 6) is -0.328. The molecule has 0 aromatic carbocycles. The molecule has 0 aromatic rings. The Bertz CT molecular complexity index is 402. The normalized spacial score (nSPS) is 19.1. The molecule has 0 aliphatic heterocycles. The highest BCUT2D eigenvalue weighted by Gasteiger charge is 2.28. The Balaban J connectivity index is 2.73. The fourth-order valence-corrected chi connectivity index (χ4v) is 3.03. The van der Waals surface area contributed by atoms with Crippen LogP contribution in [-0.4, -0.2) is 17.7 Å². The zero-order valence-electron chi connectivity index (χ0n) is 13.3. The molecule has 0 heterocycles. The lowest BCUT2D eigenvalue weighted by molar-refractivity contribution is -0.131. The first kappa shape index (κ1) is 16.8. The largest absolute Gasteiger partial charge is 0.498 e. The first-order chi connectivity index (χ1) is 9.36. The Labute approximate surface area is 122 Å². The van der Waals surface area contributed by atoms with Gasteiger partial charge in [0.2, 0.25) is 0 Å². The SMILES string of the molecule is CCCOC(=CC(=O)O)CCC1=C(C)CCCC1(C)C. The van der Waals surface area contributed by atoms with Gasteiger partial charge in [-0.3, -0.25) is 0 Å². The lowest BCUT2D eigenvalue weighted by atomic mass is 9.71. The molecule has 1 aliphatic carbocycles. The lowest BCUT2D eigenvalue weighted by Gasteiger charge is -2.35. The fraction of sp³-hybridized carbons (Fsp3) is 0.706. The van der Waals surface area contributed by atoms with Gasteiger partial charge in [0, 0.05) is 6.42 Å². The molecule has 0 aromatic heterocycles. The molecule has 1 N–H and O–H groups in total. The van der Waals surface area contributed by atoms with E-state index in [1.54, 1.807) is 0 Å². The van der Waals surface area contributed by atoms with Crippen LogP contribution in [0.1, 0.15) is 66.2 Å². The van der Waals surface area contributed by atoms with E-state index in [2.05, 4.69) is 20.8 Å². The molecule has 114 valence electrons. The Morgan fingerprint density at radius 2 is 2.15 bits per heavy atom. The van der Waals surface area contributed by atoms with Crippen molar-refractivity contribution in [1.82, 2.24) is 0 Å². The van der Waals surface area contributed by atoms with E-state index in [1.165, 1.54) is 36.5 Å². The zero-order valence-corrected chi connectivity index (χ0v) is 13.3. The highest BCUT2D eigenvalue weighted by Crippen LogP contribution is 2.42. The Hall–Kier alpha value is -1.25. The summed E-state index contributed by atoms with van der Waals surface area (Å²) in [6.07, 6.45) is 7.34. The molecule has 3 heteroatoms. The molecular weight excluding hydrogens is 252 g/mol. The number of rotatable bonds is 7. The van der Waals surface area contributed by atoms with Crippen LogP contribution in [0.4, 0.5) is 0 Å². The van der Waals surface area contributed by atoms with Crippen molar-refractivity contribution in [2.24, 2.45) is 5.41 Å². The number of carboxylic acids is 1. The number of aliphatic carboxylic acids is 1. The van der Waals surface area contributed by atoms with Gasteiger partial charge in [0.05, 0.1) is 12.7 Å². The molecule has 0 fully saturated rings. The molecule has 0 radical (unpaired) electrons. The summed E-state index contributed by atoms with van der Waals surface area (Å²) in [5.41, 5.74) is 3.20. The minimum atomic E-state index is -0.926. The van der Waals surface area contributed by atoms with Gasteiger partial charge in [0.25, 0.3) is 0 Å². The summed E-state index contributed by atoms with van der Waals surface area (Å²) < 4.78 is 5.55. The second kappa shape index (κ2) is 7.51. The highest BCUT2D eigenvalue weighted by atomic mass is 16.5. The quantitative estimate of drug-likeness (QED) is 0.418. The van der Waals surface area contributed by atoms with Gasteiger partial charge in [0.1, 0.15) is 5.76 Å². The van der Waals surface area contributed by atoms with Gasteiger partial charge in [-0.25, -0.2) is 4.79 Å². The minimum absolute atomic E-state index is 0.238. The van der Waals surface area contributed by atoms with Crippen LogP contribution >= 0.6 is 0 Å². The summed E-state index contributed by atoms with van der Waals surface area (Å²) in [5, 5.41) is 8.91. The van der Waals surface area contributed by atoms with Crippen LogP contribution in [0.2, 0.25) is 0 Å². The lowest BCUT2D eigenvalue weighted by Crippen LogP contribution is -2.20. The number of hydrogen-bond acceptors (Lipinski definition) is 2. The van der Waals surface area contributed by atoms with E-state index in [1.807, 2.05) is 6.92 Å². The summed E-state index contributed by atoms with van der Waals surface area (Å²) >= 11 is 0. The monoisotopic (exact) mass is 280 g/mol. The molecule has 1 rings (SSSR count). The molecule has 0 amide bonds. The predicted octanol–water partition coefficient (Wildman–Crippen LogP) is 4.69. The average molecular weight is 280 g/mol. The van der Waals surface area contributed by atoms with Gasteiger partial charge in [-0.15, -0.1) is 0 Å². The third-order valence-corrected chi connectivity index (χ3v) is 4.08. The predicted molar refractivity (Wildman–Crippen MR) is 81.5 cm³/mol. The fourth-order valence-electron chi connectivity index (χ4n) is 3.03. The molecular formula is C17H28O3. The van der Waals surface area contributed by atoms with Crippen LogP contribution in [0, 0.1) is 5.41 Å². The van der Waals surface area contributed by atoms with Crippen molar-refractivity contribution >= 4 is 5.97 Å². The number of carboxylic acid groups (broad SMARTS) is 1. The van der Waals surface area contributed by atoms with Gasteiger partial charge < -0.3 is 9.84 Å². The summed E-state index contributed by atoms with van der Waals surface area (Å²) in [6.45, 7) is 9.40. The van der Waals surface area contributed by atoms with E-state index >= 15 is 0 Å². The first-order valence-electron chi connectivity index (χ1n) is 7.62. The standard InChI is InChI=1S/C17H28O3/c1-5-11-20-14(12-16(18)19)8-9-15-13(2)7-6-10-17(15,3)4/h12H,5-11H2,1-4H3,(H,18,19). The zero-order chi connectivity index (χ0) is 15.2. The minimum Gasteiger partial charge on any atom is -0.498 e. The van der Waals surface area contributed by atoms with Crippen LogP contribution in [0.5, 0.6) is 0 Å². The third-order valence-electron chi connectivity index (χ3n) is 4.08. The second-order valence-electron chi connectivity index (χ2n) is 6.29. The van der Waals surface area contributed by atoms with Gasteiger partial charge in [0.15, 0.2) is 0 Å². The smallest absolute Gasteiger partial charge is 0.331 e. The van der Waals surface area contributed by atoms with E-state index < -0.39 is 5.97 Å². The first-order valence-corrected chi connectivity index (χ1v) is 7.62. The molecule has 3 nitrogen and oxygen atoms in total. The van der Waals surface area contributed by atoms with Crippen LogP contribution < -0.4 is 0 Å². The molecule has 0 atom stereocenters. The Kier molecular flexibility index (Phi) is 6.31. The second-order valence-corrected chi connectivity index (χ2v) is 6.29. The molecule has 0 bridgehead atoms. The van der Waals surface area contributed by atoms with Crippen molar-refractivity contribution in [3.63, 3.8) is 0 Å². The maximum atomic E-state index is 10.8. The van der Waals surface area contributed by atoms with Crippen molar-refractivity contribution < 1.29 is 14.6 Å². The van der Waals surface area contributed by atoms with E-state index in [-0.39, 0.29) is 5.41 Å². The molecule has 0 saturated carbocycles. The van der Waals surface area contributed by atoms with E-state index in [4.69, 9.17) is 9.84 Å². The molecule has 1 aliphatic rings. The van der Waals surface area contributed by atoms with Crippen molar-refractivity contribution in [3.8, 4) is 0 Å². The molecule has 20 heavy (non-hydrogen) atoms. The van der Waals surface area contributed by atoms with Crippen molar-refractivity contribution in [2.75, 3.05) is 6.61 Å². The van der Waals surface area contributed by atoms with Gasteiger partial charge in [-0.1, -0.05) is 31.9 Å². The van der Waals surface area contributed by atoms with Crippen molar-refractivity contribution in [3.05, 3.63) is 23.0 Å². The topological polar surface area (TPSA) is 46.5 Å². The highest BCUT2D eigenvalue weighted by molar-refractivity contribution is 5.80. The maximum Gasteiger partial charge on any atom is 0.331 e. The number of allylic oxidation sites excluding steroid dienone is 3. The number of ether oxygens (including phenoxy) is 1. The summed E-state index contributed by atoms with van der Waals surface area (Å²) in [7, 11) is 0. The van der Waals surface area contributed by atoms with Crippen LogP contribution in [0.25, 0.3) is 0 Å². The van der Waals surface area contributed by atoms with Crippen LogP contribution in [-0.2, 0) is 9.53 Å². The summed E-state index contributed by atoms with van der Waals surface area (Å²) in [4.78, 5) is 10.8. The van der Waals surface area contributed by atoms with Crippen molar-refractivity contribution in [2.45, 2.75) is 66.2 Å². The Morgan fingerprint density at radius 1 is 1.45 bits per heavy atom. The molecule has 0 unspecified atom stereocenters. The van der Waals surface area contributed by atoms with Gasteiger partial charge in [-0.05, 0) is 44.4 Å². The Morgan fingerprint density at radius 3 is 2.70 bits per heavy atom. The van der Waals surface area contributed by atoms with E-state index in [9.17, 15) is 4.79 Å². The van der Waals surface area contributed by atoms with E-state index in [0.717, 1.165) is 12.8 Å². The van der Waals surface area contributed by atoms with E-state index in [0.29, 0.717) is 18.8 Å². The molecule has 0 saturated heterocycles. The summed E-state index contributed by atoms with van der Waals surface area (Å²) in [6, 6.07) is 0. The van der Waals surface area contributed by atoms with Crippen molar-refractivity contribution in [1.29, 1.82) is 0 Å². The van der Waals surface area contributed by atoms with Gasteiger partial charge in [-0.2, -0.15) is 0 Å². The number of carbonyl (C=O) groups is 1.